The standard InChI is InChI=1S/5HNO3/c5*2-1(3)4/h5*(H,2,3,4). The van der Waals surface area contributed by atoms with Gasteiger partial charge in [0.25, 0.3) is 25.4 Å². The molecular weight excluding hydrogens is 310 g/mol. The highest BCUT2D eigenvalue weighted by atomic mass is 16.9. The summed E-state index contributed by atoms with van der Waals surface area (Å²) in [6.07, 6.45) is 0. The van der Waals surface area contributed by atoms with Crippen molar-refractivity contribution in [2.24, 2.45) is 0 Å². The molecule has 0 amide bonds. The molecule has 0 atom stereocenters. The second-order valence-electron chi connectivity index (χ2n) is 1.19. The molecule has 0 aromatic rings. The zero-order valence-corrected chi connectivity index (χ0v) is 8.55. The van der Waals surface area contributed by atoms with Crippen molar-refractivity contribution in [1.82, 2.24) is 0 Å². The Morgan fingerprint density at radius 3 is 0.400 bits per heavy atom. The summed E-state index contributed by atoms with van der Waals surface area (Å²) in [7, 11) is 0. The van der Waals surface area contributed by atoms with Gasteiger partial charge in [-0.2, -0.15) is 0 Å². The third-order valence-electron chi connectivity index (χ3n) is 0. The third-order valence-corrected chi connectivity index (χ3v) is 0. The Morgan fingerprint density at radius 2 is 0.400 bits per heavy atom. The van der Waals surface area contributed by atoms with Crippen LogP contribution in [0, 0.1) is 50.6 Å². The van der Waals surface area contributed by atoms with Gasteiger partial charge >= 0.3 is 0 Å². The smallest absolute Gasteiger partial charge is 0.291 e. The Morgan fingerprint density at radius 1 is 0.400 bits per heavy atom. The van der Waals surface area contributed by atoms with E-state index in [0.717, 1.165) is 0 Å². The van der Waals surface area contributed by atoms with Crippen LogP contribution < -0.4 is 0 Å². The largest absolute Gasteiger partial charge is 0.328 e. The molecule has 5 N–H and O–H groups in total. The van der Waals surface area contributed by atoms with E-state index in [1.54, 1.807) is 0 Å². The summed E-state index contributed by atoms with van der Waals surface area (Å²) in [6, 6.07) is 0. The van der Waals surface area contributed by atoms with Crippen molar-refractivity contribution < 1.29 is 51.5 Å². The van der Waals surface area contributed by atoms with Crippen LogP contribution in [0.3, 0.4) is 0 Å². The van der Waals surface area contributed by atoms with Crippen LogP contribution in [0.5, 0.6) is 0 Å². The van der Waals surface area contributed by atoms with E-state index in [1.165, 1.54) is 0 Å². The fourth-order valence-electron chi connectivity index (χ4n) is 0. The number of rotatable bonds is 0. The lowest BCUT2D eigenvalue weighted by molar-refractivity contribution is -0.742. The molecule has 0 aliphatic heterocycles. The molecule has 20 nitrogen and oxygen atoms in total. The Labute approximate surface area is 103 Å². The molecule has 0 saturated heterocycles. The van der Waals surface area contributed by atoms with E-state index < -0.39 is 25.4 Å². The highest BCUT2D eigenvalue weighted by molar-refractivity contribution is 3.84. The van der Waals surface area contributed by atoms with Crippen molar-refractivity contribution in [2.45, 2.75) is 0 Å². The summed E-state index contributed by atoms with van der Waals surface area (Å²) in [5.74, 6) is 0. The van der Waals surface area contributed by atoms with Gasteiger partial charge in [0, 0.05) is 0 Å². The molecule has 120 valence electrons. The molecule has 0 fully saturated rings. The first kappa shape index (κ1) is 29.8. The lowest BCUT2D eigenvalue weighted by Gasteiger charge is -1.56. The molecule has 0 radical (unpaired) electrons. The summed E-state index contributed by atoms with van der Waals surface area (Å²) in [5.41, 5.74) is 0. The van der Waals surface area contributed by atoms with Crippen molar-refractivity contribution in [2.75, 3.05) is 0 Å². The van der Waals surface area contributed by atoms with Crippen molar-refractivity contribution in [3.63, 3.8) is 0 Å². The maximum atomic E-state index is 8.36. The zero-order valence-electron chi connectivity index (χ0n) is 8.55. The summed E-state index contributed by atoms with van der Waals surface area (Å²) < 4.78 is 0. The zero-order chi connectivity index (χ0) is 17.9. The van der Waals surface area contributed by atoms with E-state index >= 15 is 0 Å². The molecule has 0 unspecified atom stereocenters. The van der Waals surface area contributed by atoms with Crippen LogP contribution >= 0.6 is 0 Å². The van der Waals surface area contributed by atoms with E-state index in [-0.39, 0.29) is 0 Å². The predicted molar refractivity (Wildman–Crippen MR) is 43.9 cm³/mol. The topological polar surface area (TPSA) is 317 Å². The van der Waals surface area contributed by atoms with E-state index in [2.05, 4.69) is 0 Å². The molecule has 0 aromatic carbocycles. The summed E-state index contributed by atoms with van der Waals surface area (Å²) in [5, 5.41) is 68.2. The predicted octanol–water partition coefficient (Wildman–Crippen LogP) is -1.74. The van der Waals surface area contributed by atoms with Crippen LogP contribution in [0.15, 0.2) is 0 Å². The van der Waals surface area contributed by atoms with Gasteiger partial charge in [-0.25, -0.2) is 0 Å². The molecule has 0 saturated carbocycles. The molecule has 0 rings (SSSR count). The van der Waals surface area contributed by atoms with Gasteiger partial charge in [-0.15, -0.1) is 50.6 Å². The summed E-state index contributed by atoms with van der Waals surface area (Å²) in [6.45, 7) is 0. The molecule has 0 aliphatic rings. The van der Waals surface area contributed by atoms with Gasteiger partial charge in [-0.05, 0) is 0 Å². The number of nitrogens with zero attached hydrogens (tertiary/aromatic N) is 5. The van der Waals surface area contributed by atoms with Crippen molar-refractivity contribution in [3.05, 3.63) is 50.6 Å². The summed E-state index contributed by atoms with van der Waals surface area (Å²) in [4.78, 5) is 41.8. The fraction of sp³-hybridized carbons (Fsp3) is 0. The SMILES string of the molecule is O=[N+]([O-])O.O=[N+]([O-])O.O=[N+]([O-])O.O=[N+]([O-])O.O=[N+]([O-])O. The van der Waals surface area contributed by atoms with Crippen molar-refractivity contribution in [3.8, 4) is 0 Å². The summed E-state index contributed by atoms with van der Waals surface area (Å²) >= 11 is 0. The third kappa shape index (κ3) is 148. The molecular formula is H5N5O15. The van der Waals surface area contributed by atoms with Gasteiger partial charge < -0.3 is 26.0 Å². The quantitative estimate of drug-likeness (QED) is 0.244. The Hall–Kier alpha value is -4.00. The van der Waals surface area contributed by atoms with Crippen molar-refractivity contribution in [1.29, 1.82) is 0 Å². The van der Waals surface area contributed by atoms with Gasteiger partial charge in [-0.1, -0.05) is 0 Å². The Bertz CT molecular complexity index is 201. The van der Waals surface area contributed by atoms with E-state index in [4.69, 9.17) is 76.6 Å². The van der Waals surface area contributed by atoms with Crippen molar-refractivity contribution >= 4 is 0 Å². The van der Waals surface area contributed by atoms with Gasteiger partial charge in [0.15, 0.2) is 0 Å². The number of hydrogen-bond acceptors (Lipinski definition) is 10. The average molecular weight is 315 g/mol. The lowest BCUT2D eigenvalue weighted by atomic mass is 13.1. The highest BCUT2D eigenvalue weighted by Crippen LogP contribution is 1.39. The van der Waals surface area contributed by atoms with Gasteiger partial charge in [0.1, 0.15) is 0 Å². The van der Waals surface area contributed by atoms with Crippen LogP contribution in [0.1, 0.15) is 0 Å². The van der Waals surface area contributed by atoms with Gasteiger partial charge in [0.2, 0.25) is 0 Å². The minimum atomic E-state index is -1.50. The molecule has 20 heteroatoms. The monoisotopic (exact) mass is 315 g/mol. The molecule has 20 heavy (non-hydrogen) atoms. The van der Waals surface area contributed by atoms with E-state index in [0.29, 0.717) is 0 Å². The molecule has 0 aliphatic carbocycles. The molecule has 0 aromatic heterocycles. The van der Waals surface area contributed by atoms with Crippen LogP contribution in [0.4, 0.5) is 0 Å². The maximum absolute atomic E-state index is 8.36. The lowest BCUT2D eigenvalue weighted by Crippen LogP contribution is -1.81. The normalized spacial score (nSPS) is 6.00. The first-order valence-electron chi connectivity index (χ1n) is 2.83. The second-order valence-corrected chi connectivity index (χ2v) is 1.19. The number of hydrogen-bond donors (Lipinski definition) is 5. The highest BCUT2D eigenvalue weighted by Gasteiger charge is 1.66. The first-order valence-corrected chi connectivity index (χ1v) is 2.83. The van der Waals surface area contributed by atoms with Gasteiger partial charge in [-0.3, -0.25) is 0 Å². The minimum absolute atomic E-state index is 1.50. The van der Waals surface area contributed by atoms with E-state index in [9.17, 15) is 0 Å². The first-order chi connectivity index (χ1) is 8.66. The fourth-order valence-corrected chi connectivity index (χ4v) is 0. The van der Waals surface area contributed by atoms with Gasteiger partial charge in [0.05, 0.1) is 0 Å². The molecule has 0 bridgehead atoms. The Balaban J connectivity index is -0.0000000469. The van der Waals surface area contributed by atoms with Crippen LogP contribution in [0.2, 0.25) is 0 Å². The maximum Gasteiger partial charge on any atom is 0.291 e. The molecule has 0 heterocycles. The van der Waals surface area contributed by atoms with Crippen LogP contribution in [-0.4, -0.2) is 51.5 Å². The molecule has 0 spiro atoms. The van der Waals surface area contributed by atoms with Crippen LogP contribution in [0.25, 0.3) is 0 Å². The van der Waals surface area contributed by atoms with Crippen LogP contribution in [-0.2, 0) is 0 Å². The van der Waals surface area contributed by atoms with E-state index in [1.807, 2.05) is 0 Å². The second kappa shape index (κ2) is 24.3. The average Bonchev–Trinajstić information content (AvgIpc) is 1.94. The minimum Gasteiger partial charge on any atom is -0.328 e. The Kier molecular flexibility index (Phi) is 36.1.